The minimum atomic E-state index is 0.338. The lowest BCUT2D eigenvalue weighted by Gasteiger charge is -2.22. The number of hydrogen-bond donors (Lipinski definition) is 1. The molecule has 2 heteroatoms. The molecule has 0 aliphatic carbocycles. The summed E-state index contributed by atoms with van der Waals surface area (Å²) in [6.07, 6.45) is 1.03. The van der Waals surface area contributed by atoms with Crippen molar-refractivity contribution in [2.45, 2.75) is 19.4 Å². The molecule has 0 aliphatic rings. The van der Waals surface area contributed by atoms with Crippen molar-refractivity contribution in [1.29, 1.82) is 0 Å². The fourth-order valence-electron chi connectivity index (χ4n) is 0.959. The summed E-state index contributed by atoms with van der Waals surface area (Å²) >= 11 is 0. The van der Waals surface area contributed by atoms with Crippen LogP contribution in [0.4, 0.5) is 0 Å². The number of nitrogens with two attached hydrogens (primary N) is 1. The maximum absolute atomic E-state index is 5.51. The van der Waals surface area contributed by atoms with Crippen molar-refractivity contribution in [2.24, 2.45) is 5.73 Å². The molecule has 0 heterocycles. The van der Waals surface area contributed by atoms with E-state index in [9.17, 15) is 0 Å². The molecule has 0 radical (unpaired) electrons. The fourth-order valence-corrected chi connectivity index (χ4v) is 0.959. The van der Waals surface area contributed by atoms with Gasteiger partial charge in [0.05, 0.1) is 0 Å². The molecule has 0 fully saturated rings. The van der Waals surface area contributed by atoms with Gasteiger partial charge in [0.15, 0.2) is 0 Å². The highest BCUT2D eigenvalue weighted by molar-refractivity contribution is 4.98. The van der Waals surface area contributed by atoms with Gasteiger partial charge in [-0.3, -0.25) is 0 Å². The molecule has 1 atom stereocenters. The Labute approximate surface area is 57.3 Å². The molecule has 54 valence electrons. The molecule has 0 spiro atoms. The van der Waals surface area contributed by atoms with Gasteiger partial charge < -0.3 is 10.6 Å². The summed E-state index contributed by atoms with van der Waals surface area (Å²) in [4.78, 5) is 2.07. The number of hydrogen-bond acceptors (Lipinski definition) is 2. The molecule has 0 aromatic carbocycles. The number of rotatable bonds is 3. The van der Waals surface area contributed by atoms with E-state index in [2.05, 4.69) is 18.4 Å². The fraction of sp³-hybridized carbons (Fsp3) is 0.714. The highest BCUT2D eigenvalue weighted by atomic mass is 15.1. The van der Waals surface area contributed by atoms with Crippen molar-refractivity contribution in [3.05, 3.63) is 12.3 Å². The summed E-state index contributed by atoms with van der Waals surface area (Å²) in [5.74, 6) is 0. The third kappa shape index (κ3) is 2.51. The van der Waals surface area contributed by atoms with E-state index in [1.807, 2.05) is 14.1 Å². The van der Waals surface area contributed by atoms with E-state index in [0.717, 1.165) is 12.1 Å². The van der Waals surface area contributed by atoms with Crippen molar-refractivity contribution in [3.63, 3.8) is 0 Å². The Hall–Kier alpha value is -0.500. The summed E-state index contributed by atoms with van der Waals surface area (Å²) in [5, 5.41) is 0. The predicted molar refractivity (Wildman–Crippen MR) is 41.1 cm³/mol. The van der Waals surface area contributed by atoms with Gasteiger partial charge in [-0.05, 0) is 20.5 Å². The molecule has 1 unspecified atom stereocenters. The Morgan fingerprint density at radius 2 is 2.11 bits per heavy atom. The lowest BCUT2D eigenvalue weighted by molar-refractivity contribution is 0.321. The second-order valence-electron chi connectivity index (χ2n) is 2.46. The van der Waals surface area contributed by atoms with Gasteiger partial charge in [0, 0.05) is 11.7 Å². The highest BCUT2D eigenvalue weighted by Gasteiger charge is 2.08. The Balaban J connectivity index is 3.83. The lowest BCUT2D eigenvalue weighted by Crippen LogP contribution is -2.31. The first-order valence-electron chi connectivity index (χ1n) is 3.20. The standard InChI is InChI=1S/C7H16N2/c1-5-7(6(2)8)9(3)4/h7H,2,5,8H2,1,3-4H3. The van der Waals surface area contributed by atoms with Crippen molar-refractivity contribution < 1.29 is 0 Å². The van der Waals surface area contributed by atoms with Crippen LogP contribution in [0, 0.1) is 0 Å². The summed E-state index contributed by atoms with van der Waals surface area (Å²) in [5.41, 5.74) is 6.26. The molecule has 0 aromatic rings. The van der Waals surface area contributed by atoms with Crippen LogP contribution in [0.5, 0.6) is 0 Å². The van der Waals surface area contributed by atoms with E-state index in [1.165, 1.54) is 0 Å². The summed E-state index contributed by atoms with van der Waals surface area (Å²) in [7, 11) is 4.01. The maximum Gasteiger partial charge on any atom is 0.0478 e. The van der Waals surface area contributed by atoms with Crippen LogP contribution in [-0.4, -0.2) is 25.0 Å². The van der Waals surface area contributed by atoms with Crippen LogP contribution >= 0.6 is 0 Å². The Morgan fingerprint density at radius 1 is 1.67 bits per heavy atom. The molecule has 0 aliphatic heterocycles. The predicted octanol–water partition coefficient (Wildman–Crippen LogP) is 0.799. The quantitative estimate of drug-likeness (QED) is 0.609. The number of nitrogens with zero attached hydrogens (tertiary/aromatic N) is 1. The number of likely N-dealkylation sites (N-methyl/N-ethyl adjacent to an activating group) is 1. The molecule has 0 rings (SSSR count). The molecule has 0 saturated carbocycles. The summed E-state index contributed by atoms with van der Waals surface area (Å²) in [6, 6.07) is 0.338. The average molecular weight is 128 g/mol. The molecule has 0 saturated heterocycles. The molecule has 2 nitrogen and oxygen atoms in total. The average Bonchev–Trinajstić information content (AvgIpc) is 1.64. The van der Waals surface area contributed by atoms with Crippen LogP contribution in [0.25, 0.3) is 0 Å². The van der Waals surface area contributed by atoms with Gasteiger partial charge >= 0.3 is 0 Å². The molecule has 2 N–H and O–H groups in total. The van der Waals surface area contributed by atoms with Crippen LogP contribution in [0.15, 0.2) is 12.3 Å². The third-order valence-electron chi connectivity index (χ3n) is 1.44. The van der Waals surface area contributed by atoms with E-state index in [0.29, 0.717) is 6.04 Å². The molecule has 0 bridgehead atoms. The van der Waals surface area contributed by atoms with E-state index < -0.39 is 0 Å². The molecule has 9 heavy (non-hydrogen) atoms. The Morgan fingerprint density at radius 3 is 2.11 bits per heavy atom. The first kappa shape index (κ1) is 8.50. The largest absolute Gasteiger partial charge is 0.401 e. The maximum atomic E-state index is 5.51. The van der Waals surface area contributed by atoms with Crippen LogP contribution in [0.3, 0.4) is 0 Å². The van der Waals surface area contributed by atoms with Gasteiger partial charge in [-0.1, -0.05) is 13.5 Å². The summed E-state index contributed by atoms with van der Waals surface area (Å²) in [6.45, 7) is 5.78. The zero-order valence-electron chi connectivity index (χ0n) is 6.52. The topological polar surface area (TPSA) is 29.3 Å². The van der Waals surface area contributed by atoms with Crippen molar-refractivity contribution in [3.8, 4) is 0 Å². The first-order chi connectivity index (χ1) is 4.09. The minimum Gasteiger partial charge on any atom is -0.401 e. The molecule has 0 aromatic heterocycles. The Bertz CT molecular complexity index is 97.1. The van der Waals surface area contributed by atoms with Gasteiger partial charge in [0.1, 0.15) is 0 Å². The smallest absolute Gasteiger partial charge is 0.0478 e. The monoisotopic (exact) mass is 128 g/mol. The molecule has 0 amide bonds. The third-order valence-corrected chi connectivity index (χ3v) is 1.44. The van der Waals surface area contributed by atoms with E-state index in [4.69, 9.17) is 5.73 Å². The van der Waals surface area contributed by atoms with E-state index >= 15 is 0 Å². The van der Waals surface area contributed by atoms with Gasteiger partial charge in [0.2, 0.25) is 0 Å². The molecular weight excluding hydrogens is 112 g/mol. The van der Waals surface area contributed by atoms with Crippen LogP contribution < -0.4 is 5.73 Å². The van der Waals surface area contributed by atoms with Gasteiger partial charge in [-0.15, -0.1) is 0 Å². The zero-order valence-corrected chi connectivity index (χ0v) is 6.52. The van der Waals surface area contributed by atoms with E-state index in [1.54, 1.807) is 0 Å². The van der Waals surface area contributed by atoms with Crippen LogP contribution in [0.2, 0.25) is 0 Å². The minimum absolute atomic E-state index is 0.338. The second-order valence-corrected chi connectivity index (χ2v) is 2.46. The Kier molecular flexibility index (Phi) is 3.32. The lowest BCUT2D eigenvalue weighted by atomic mass is 10.1. The molecular formula is C7H16N2. The first-order valence-corrected chi connectivity index (χ1v) is 3.20. The van der Waals surface area contributed by atoms with Crippen molar-refractivity contribution >= 4 is 0 Å². The van der Waals surface area contributed by atoms with Crippen molar-refractivity contribution in [1.82, 2.24) is 4.90 Å². The van der Waals surface area contributed by atoms with Gasteiger partial charge in [-0.25, -0.2) is 0 Å². The van der Waals surface area contributed by atoms with E-state index in [-0.39, 0.29) is 0 Å². The normalized spacial score (nSPS) is 13.8. The van der Waals surface area contributed by atoms with Crippen LogP contribution in [0.1, 0.15) is 13.3 Å². The second kappa shape index (κ2) is 3.51. The van der Waals surface area contributed by atoms with Gasteiger partial charge in [0.25, 0.3) is 0 Å². The van der Waals surface area contributed by atoms with Crippen LogP contribution in [-0.2, 0) is 0 Å². The highest BCUT2D eigenvalue weighted by Crippen LogP contribution is 2.03. The van der Waals surface area contributed by atoms with Crippen molar-refractivity contribution in [2.75, 3.05) is 14.1 Å². The van der Waals surface area contributed by atoms with Gasteiger partial charge in [-0.2, -0.15) is 0 Å². The SMILES string of the molecule is C=C(N)C(CC)N(C)C. The summed E-state index contributed by atoms with van der Waals surface area (Å²) < 4.78 is 0. The zero-order chi connectivity index (χ0) is 7.44.